The minimum Gasteiger partial charge on any atom is -0.370 e. The Hall–Kier alpha value is -2.78. The molecule has 0 unspecified atom stereocenters. The summed E-state index contributed by atoms with van der Waals surface area (Å²) in [4.78, 5) is 7.92. The van der Waals surface area contributed by atoms with Crippen molar-refractivity contribution in [3.05, 3.63) is 48.5 Å². The van der Waals surface area contributed by atoms with E-state index in [2.05, 4.69) is 9.98 Å². The molecule has 0 atom stereocenters. The molecule has 8 nitrogen and oxygen atoms in total. The van der Waals surface area contributed by atoms with Gasteiger partial charge in [0.2, 0.25) is 9.84 Å². The zero-order valence-electron chi connectivity index (χ0n) is 12.5. The third kappa shape index (κ3) is 4.61. The summed E-state index contributed by atoms with van der Waals surface area (Å²) in [7, 11) is -3.65. The number of hydrogen-bond acceptors (Lipinski definition) is 4. The summed E-state index contributed by atoms with van der Waals surface area (Å²) in [6.45, 7) is 0. The molecule has 0 radical (unpaired) electrons. The van der Waals surface area contributed by atoms with Gasteiger partial charge in [0.15, 0.2) is 11.9 Å². The number of benzene rings is 2. The molecular formula is C14H17ClN6O2S. The second-order valence-corrected chi connectivity index (χ2v) is 6.51. The van der Waals surface area contributed by atoms with E-state index < -0.39 is 9.84 Å². The third-order valence-electron chi connectivity index (χ3n) is 2.81. The predicted octanol–water partition coefficient (Wildman–Crippen LogP) is 0.751. The standard InChI is InChI=1S/C14H16N6O2S.ClH/c15-13(16)19-9-1-5-11(6-2-9)23(21,22)12-7-3-10(4-8-12)20-14(17)18;/h1-8H,(H4,15,16,19)(H4,17,18,20);1H. The van der Waals surface area contributed by atoms with Crippen LogP contribution < -0.4 is 22.9 Å². The van der Waals surface area contributed by atoms with Crippen molar-refractivity contribution in [1.82, 2.24) is 0 Å². The molecule has 0 aliphatic rings. The molecule has 0 heterocycles. The Morgan fingerprint density at radius 2 is 0.958 bits per heavy atom. The van der Waals surface area contributed by atoms with Gasteiger partial charge in [-0.25, -0.2) is 18.4 Å². The second kappa shape index (κ2) is 7.66. The van der Waals surface area contributed by atoms with E-state index in [1.807, 2.05) is 0 Å². The Balaban J connectivity index is 0.00000288. The summed E-state index contributed by atoms with van der Waals surface area (Å²) in [6, 6.07) is 11.8. The minimum absolute atomic E-state index is 0. The highest BCUT2D eigenvalue weighted by atomic mass is 35.5. The second-order valence-electron chi connectivity index (χ2n) is 4.56. The van der Waals surface area contributed by atoms with Crippen LogP contribution in [-0.4, -0.2) is 20.3 Å². The van der Waals surface area contributed by atoms with Crippen molar-refractivity contribution in [2.75, 3.05) is 0 Å². The first kappa shape index (κ1) is 19.3. The quantitative estimate of drug-likeness (QED) is 0.459. The van der Waals surface area contributed by atoms with Crippen molar-refractivity contribution in [2.45, 2.75) is 9.79 Å². The molecule has 8 N–H and O–H groups in total. The lowest BCUT2D eigenvalue weighted by atomic mass is 10.3. The molecule has 2 rings (SSSR count). The van der Waals surface area contributed by atoms with Gasteiger partial charge in [-0.1, -0.05) is 0 Å². The summed E-state index contributed by atoms with van der Waals surface area (Å²) in [6.07, 6.45) is 0. The Morgan fingerprint density at radius 1 is 0.667 bits per heavy atom. The highest BCUT2D eigenvalue weighted by Crippen LogP contribution is 2.25. The smallest absolute Gasteiger partial charge is 0.206 e. The van der Waals surface area contributed by atoms with E-state index in [9.17, 15) is 8.42 Å². The summed E-state index contributed by atoms with van der Waals surface area (Å²) in [5.41, 5.74) is 22.0. The van der Waals surface area contributed by atoms with Gasteiger partial charge >= 0.3 is 0 Å². The molecular weight excluding hydrogens is 352 g/mol. The van der Waals surface area contributed by atoms with Gasteiger partial charge in [0.05, 0.1) is 21.2 Å². The minimum atomic E-state index is -3.65. The van der Waals surface area contributed by atoms with Crippen molar-refractivity contribution in [3.8, 4) is 0 Å². The molecule has 0 aliphatic heterocycles. The molecule has 24 heavy (non-hydrogen) atoms. The van der Waals surface area contributed by atoms with Crippen LogP contribution >= 0.6 is 12.4 Å². The van der Waals surface area contributed by atoms with Crippen LogP contribution in [0.4, 0.5) is 11.4 Å². The van der Waals surface area contributed by atoms with E-state index in [0.717, 1.165) is 0 Å². The normalized spacial score (nSPS) is 10.3. The van der Waals surface area contributed by atoms with Crippen LogP contribution in [0.25, 0.3) is 0 Å². The molecule has 0 spiro atoms. The number of rotatable bonds is 4. The molecule has 0 fully saturated rings. The third-order valence-corrected chi connectivity index (χ3v) is 4.60. The average molecular weight is 369 g/mol. The number of halogens is 1. The van der Waals surface area contributed by atoms with Gasteiger partial charge in [0, 0.05) is 0 Å². The fourth-order valence-electron chi connectivity index (χ4n) is 1.83. The zero-order chi connectivity index (χ0) is 17.0. The predicted molar refractivity (Wildman–Crippen MR) is 96.5 cm³/mol. The molecule has 0 saturated heterocycles. The molecule has 0 saturated carbocycles. The fourth-order valence-corrected chi connectivity index (χ4v) is 3.09. The molecule has 2 aromatic rings. The van der Waals surface area contributed by atoms with Crippen molar-refractivity contribution in [1.29, 1.82) is 0 Å². The maximum atomic E-state index is 12.5. The maximum absolute atomic E-state index is 12.5. The lowest BCUT2D eigenvalue weighted by Crippen LogP contribution is -2.21. The fraction of sp³-hybridized carbons (Fsp3) is 0. The molecule has 0 aliphatic carbocycles. The van der Waals surface area contributed by atoms with Crippen LogP contribution in [0.15, 0.2) is 68.3 Å². The number of sulfone groups is 1. The average Bonchev–Trinajstić information content (AvgIpc) is 2.47. The monoisotopic (exact) mass is 368 g/mol. The molecule has 10 heteroatoms. The number of nitrogens with zero attached hydrogens (tertiary/aromatic N) is 2. The van der Waals surface area contributed by atoms with Crippen LogP contribution in [0.2, 0.25) is 0 Å². The van der Waals surface area contributed by atoms with Crippen LogP contribution in [0.1, 0.15) is 0 Å². The summed E-state index contributed by atoms with van der Waals surface area (Å²) >= 11 is 0. The highest BCUT2D eigenvalue weighted by Gasteiger charge is 2.17. The number of aliphatic imine (C=N–C) groups is 2. The topological polar surface area (TPSA) is 163 Å². The van der Waals surface area contributed by atoms with E-state index in [4.69, 9.17) is 22.9 Å². The van der Waals surface area contributed by atoms with Crippen molar-refractivity contribution >= 4 is 45.5 Å². The first-order chi connectivity index (χ1) is 10.8. The molecule has 0 amide bonds. The zero-order valence-corrected chi connectivity index (χ0v) is 14.1. The van der Waals surface area contributed by atoms with Gasteiger partial charge < -0.3 is 22.9 Å². The van der Waals surface area contributed by atoms with E-state index in [1.54, 1.807) is 0 Å². The first-order valence-electron chi connectivity index (χ1n) is 6.43. The van der Waals surface area contributed by atoms with Crippen LogP contribution in [-0.2, 0) is 9.84 Å². The van der Waals surface area contributed by atoms with Crippen molar-refractivity contribution < 1.29 is 8.42 Å². The van der Waals surface area contributed by atoms with E-state index >= 15 is 0 Å². The molecule has 0 bridgehead atoms. The Bertz CT molecular complexity index is 786. The number of hydrogen-bond donors (Lipinski definition) is 4. The van der Waals surface area contributed by atoms with Gasteiger partial charge in [-0.3, -0.25) is 0 Å². The molecule has 0 aromatic heterocycles. The van der Waals surface area contributed by atoms with Gasteiger partial charge in [0.25, 0.3) is 0 Å². The molecule has 128 valence electrons. The van der Waals surface area contributed by atoms with Gasteiger partial charge in [-0.05, 0) is 48.5 Å². The largest absolute Gasteiger partial charge is 0.370 e. The first-order valence-corrected chi connectivity index (χ1v) is 7.92. The maximum Gasteiger partial charge on any atom is 0.206 e. The molecule has 2 aromatic carbocycles. The van der Waals surface area contributed by atoms with Crippen molar-refractivity contribution in [2.24, 2.45) is 32.9 Å². The van der Waals surface area contributed by atoms with Crippen molar-refractivity contribution in [3.63, 3.8) is 0 Å². The SMILES string of the molecule is Cl.NC(N)=Nc1ccc(S(=O)(=O)c2ccc(N=C(N)N)cc2)cc1. The van der Waals surface area contributed by atoms with Gasteiger partial charge in [-0.15, -0.1) is 12.4 Å². The van der Waals surface area contributed by atoms with E-state index in [-0.39, 0.29) is 34.1 Å². The number of nitrogens with two attached hydrogens (primary N) is 4. The Morgan fingerprint density at radius 3 is 1.21 bits per heavy atom. The van der Waals surface area contributed by atoms with Crippen LogP contribution in [0.5, 0.6) is 0 Å². The highest BCUT2D eigenvalue weighted by molar-refractivity contribution is 7.91. The van der Waals surface area contributed by atoms with Crippen LogP contribution in [0, 0.1) is 0 Å². The summed E-state index contributed by atoms with van der Waals surface area (Å²) in [5, 5.41) is 0. The Kier molecular flexibility index (Phi) is 6.15. The Labute approximate surface area is 145 Å². The summed E-state index contributed by atoms with van der Waals surface area (Å²) in [5.74, 6) is -0.202. The lowest BCUT2D eigenvalue weighted by Gasteiger charge is -2.05. The summed E-state index contributed by atoms with van der Waals surface area (Å²) < 4.78 is 25.1. The van der Waals surface area contributed by atoms with Gasteiger partial charge in [-0.2, -0.15) is 0 Å². The van der Waals surface area contributed by atoms with E-state index in [1.165, 1.54) is 48.5 Å². The number of guanidine groups is 2. The van der Waals surface area contributed by atoms with Gasteiger partial charge in [0.1, 0.15) is 0 Å². The van der Waals surface area contributed by atoms with Crippen LogP contribution in [0.3, 0.4) is 0 Å². The lowest BCUT2D eigenvalue weighted by molar-refractivity contribution is 0.596. The van der Waals surface area contributed by atoms with E-state index in [0.29, 0.717) is 11.4 Å².